The Labute approximate surface area is 126 Å². The van der Waals surface area contributed by atoms with Crippen LogP contribution in [0.4, 0.5) is 0 Å². The van der Waals surface area contributed by atoms with Crippen LogP contribution in [-0.4, -0.2) is 47.9 Å². The minimum atomic E-state index is -0.837. The van der Waals surface area contributed by atoms with Crippen molar-refractivity contribution in [3.8, 4) is 5.75 Å². The maximum Gasteiger partial charge on any atom is 0.313 e. The van der Waals surface area contributed by atoms with Crippen LogP contribution in [0.2, 0.25) is 0 Å². The SMILES string of the molecule is COc1ccc(SCC(=O)NCCSCC(=O)O)cc1. The van der Waals surface area contributed by atoms with Crippen LogP contribution in [0.25, 0.3) is 0 Å². The minimum absolute atomic E-state index is 0.0539. The lowest BCUT2D eigenvalue weighted by Gasteiger charge is -2.05. The van der Waals surface area contributed by atoms with Crippen LogP contribution in [0, 0.1) is 0 Å². The van der Waals surface area contributed by atoms with E-state index in [1.54, 1.807) is 7.11 Å². The molecule has 110 valence electrons. The van der Waals surface area contributed by atoms with E-state index in [2.05, 4.69) is 5.32 Å². The molecule has 0 atom stereocenters. The summed E-state index contributed by atoms with van der Waals surface area (Å²) in [5.41, 5.74) is 0. The molecule has 1 rings (SSSR count). The third-order valence-electron chi connectivity index (χ3n) is 2.22. The summed E-state index contributed by atoms with van der Waals surface area (Å²) in [7, 11) is 1.61. The van der Waals surface area contributed by atoms with Crippen molar-refractivity contribution in [2.45, 2.75) is 4.90 Å². The van der Waals surface area contributed by atoms with Crippen LogP contribution in [0.5, 0.6) is 5.75 Å². The highest BCUT2D eigenvalue weighted by molar-refractivity contribution is 8.00. The molecule has 0 saturated heterocycles. The lowest BCUT2D eigenvalue weighted by Crippen LogP contribution is -2.27. The second-order valence-corrected chi connectivity index (χ2v) is 5.91. The Balaban J connectivity index is 2.14. The molecule has 0 radical (unpaired) electrons. The Morgan fingerprint density at radius 1 is 1.25 bits per heavy atom. The second-order valence-electron chi connectivity index (χ2n) is 3.76. The van der Waals surface area contributed by atoms with Crippen molar-refractivity contribution in [3.63, 3.8) is 0 Å². The number of carboxylic acids is 1. The molecule has 0 saturated carbocycles. The van der Waals surface area contributed by atoms with Gasteiger partial charge in [-0.2, -0.15) is 0 Å². The molecule has 0 aromatic heterocycles. The van der Waals surface area contributed by atoms with Crippen LogP contribution in [0.3, 0.4) is 0 Å². The Bertz CT molecular complexity index is 437. The van der Waals surface area contributed by atoms with Crippen molar-refractivity contribution in [1.82, 2.24) is 5.32 Å². The van der Waals surface area contributed by atoms with E-state index in [9.17, 15) is 9.59 Å². The van der Waals surface area contributed by atoms with Gasteiger partial charge in [-0.25, -0.2) is 0 Å². The number of hydrogen-bond acceptors (Lipinski definition) is 5. The lowest BCUT2D eigenvalue weighted by molar-refractivity contribution is -0.133. The van der Waals surface area contributed by atoms with Crippen LogP contribution in [0.1, 0.15) is 0 Å². The van der Waals surface area contributed by atoms with Gasteiger partial charge >= 0.3 is 5.97 Å². The molecular formula is C13H17NO4S2. The highest BCUT2D eigenvalue weighted by Gasteiger charge is 2.03. The summed E-state index contributed by atoms with van der Waals surface area (Å²) in [5.74, 6) is 0.907. The van der Waals surface area contributed by atoms with Crippen molar-refractivity contribution < 1.29 is 19.4 Å². The van der Waals surface area contributed by atoms with Crippen molar-refractivity contribution in [2.24, 2.45) is 0 Å². The van der Waals surface area contributed by atoms with E-state index < -0.39 is 5.97 Å². The summed E-state index contributed by atoms with van der Waals surface area (Å²) in [5, 5.41) is 11.2. The first-order valence-corrected chi connectivity index (χ1v) is 8.09. The van der Waals surface area contributed by atoms with Crippen LogP contribution in [0.15, 0.2) is 29.2 Å². The number of rotatable bonds is 9. The van der Waals surface area contributed by atoms with Gasteiger partial charge in [0.05, 0.1) is 18.6 Å². The van der Waals surface area contributed by atoms with E-state index in [0.29, 0.717) is 18.1 Å². The van der Waals surface area contributed by atoms with Gasteiger partial charge in [-0.05, 0) is 24.3 Å². The molecule has 0 spiro atoms. The number of methoxy groups -OCH3 is 1. The summed E-state index contributed by atoms with van der Waals surface area (Å²) in [6.45, 7) is 0.486. The summed E-state index contributed by atoms with van der Waals surface area (Å²) in [6, 6.07) is 7.50. The molecule has 0 unspecified atom stereocenters. The van der Waals surface area contributed by atoms with Crippen LogP contribution in [-0.2, 0) is 9.59 Å². The standard InChI is InChI=1S/C13H17NO4S2/c1-18-10-2-4-11(5-3-10)20-8-12(15)14-6-7-19-9-13(16)17/h2-5H,6-9H2,1H3,(H,14,15)(H,16,17). The largest absolute Gasteiger partial charge is 0.497 e. The predicted molar refractivity (Wildman–Crippen MR) is 81.7 cm³/mol. The highest BCUT2D eigenvalue weighted by atomic mass is 32.2. The Hall–Kier alpha value is -1.34. The number of thioether (sulfide) groups is 2. The molecule has 2 N–H and O–H groups in total. The quantitative estimate of drug-likeness (QED) is 0.534. The van der Waals surface area contributed by atoms with Gasteiger partial charge in [0.2, 0.25) is 5.91 Å². The van der Waals surface area contributed by atoms with Gasteiger partial charge in [0.25, 0.3) is 0 Å². The van der Waals surface area contributed by atoms with Crippen molar-refractivity contribution >= 4 is 35.4 Å². The molecule has 7 heteroatoms. The third-order valence-corrected chi connectivity index (χ3v) is 4.18. The molecule has 0 fully saturated rings. The first-order valence-electron chi connectivity index (χ1n) is 5.95. The van der Waals surface area contributed by atoms with Gasteiger partial charge < -0.3 is 15.2 Å². The third kappa shape index (κ3) is 7.30. The minimum Gasteiger partial charge on any atom is -0.497 e. The Morgan fingerprint density at radius 3 is 2.55 bits per heavy atom. The van der Waals surface area contributed by atoms with E-state index in [0.717, 1.165) is 10.6 Å². The van der Waals surface area contributed by atoms with E-state index in [-0.39, 0.29) is 11.7 Å². The average molecular weight is 315 g/mol. The van der Waals surface area contributed by atoms with Gasteiger partial charge in [-0.3, -0.25) is 9.59 Å². The van der Waals surface area contributed by atoms with E-state index in [1.165, 1.54) is 23.5 Å². The number of hydrogen-bond donors (Lipinski definition) is 2. The number of carboxylic acid groups (broad SMARTS) is 1. The summed E-state index contributed by atoms with van der Waals surface area (Å²) in [4.78, 5) is 22.8. The maximum atomic E-state index is 11.6. The maximum absolute atomic E-state index is 11.6. The number of benzene rings is 1. The molecule has 1 amide bonds. The fraction of sp³-hybridized carbons (Fsp3) is 0.385. The normalized spacial score (nSPS) is 10.1. The van der Waals surface area contributed by atoms with Crippen LogP contribution < -0.4 is 10.1 Å². The Kier molecular flexibility index (Phi) is 7.98. The molecule has 0 heterocycles. The monoisotopic (exact) mass is 315 g/mol. The zero-order valence-electron chi connectivity index (χ0n) is 11.1. The predicted octanol–water partition coefficient (Wildman–Crippen LogP) is 1.72. The zero-order valence-corrected chi connectivity index (χ0v) is 12.8. The molecule has 0 aliphatic rings. The fourth-order valence-corrected chi connectivity index (χ4v) is 2.59. The van der Waals surface area contributed by atoms with Gasteiger partial charge in [-0.1, -0.05) is 0 Å². The number of aliphatic carboxylic acids is 1. The average Bonchev–Trinajstić information content (AvgIpc) is 2.45. The number of amides is 1. The van der Waals surface area contributed by atoms with Gasteiger partial charge in [0.15, 0.2) is 0 Å². The number of ether oxygens (including phenoxy) is 1. The van der Waals surface area contributed by atoms with Gasteiger partial charge in [0, 0.05) is 17.2 Å². The van der Waals surface area contributed by atoms with Crippen LogP contribution >= 0.6 is 23.5 Å². The number of carbonyl (C=O) groups is 2. The molecular weight excluding hydrogens is 298 g/mol. The van der Waals surface area contributed by atoms with Gasteiger partial charge in [-0.15, -0.1) is 23.5 Å². The Morgan fingerprint density at radius 2 is 1.95 bits per heavy atom. The number of carbonyl (C=O) groups excluding carboxylic acids is 1. The molecule has 0 aliphatic heterocycles. The molecule has 0 aliphatic carbocycles. The lowest BCUT2D eigenvalue weighted by atomic mass is 10.3. The zero-order chi connectivity index (χ0) is 14.8. The van der Waals surface area contributed by atoms with Crippen molar-refractivity contribution in [3.05, 3.63) is 24.3 Å². The van der Waals surface area contributed by atoms with Crippen molar-refractivity contribution in [2.75, 3.05) is 30.9 Å². The number of nitrogens with one attached hydrogen (secondary N) is 1. The molecule has 1 aromatic carbocycles. The van der Waals surface area contributed by atoms with E-state index in [1.807, 2.05) is 24.3 Å². The first-order chi connectivity index (χ1) is 9.61. The molecule has 5 nitrogen and oxygen atoms in total. The molecule has 1 aromatic rings. The first kappa shape index (κ1) is 16.7. The molecule has 20 heavy (non-hydrogen) atoms. The summed E-state index contributed by atoms with van der Waals surface area (Å²) < 4.78 is 5.06. The van der Waals surface area contributed by atoms with E-state index in [4.69, 9.17) is 9.84 Å². The summed E-state index contributed by atoms with van der Waals surface area (Å²) in [6.07, 6.45) is 0. The topological polar surface area (TPSA) is 75.6 Å². The van der Waals surface area contributed by atoms with Crippen molar-refractivity contribution in [1.29, 1.82) is 0 Å². The smallest absolute Gasteiger partial charge is 0.313 e. The fourth-order valence-electron chi connectivity index (χ4n) is 1.29. The van der Waals surface area contributed by atoms with E-state index >= 15 is 0 Å². The second kappa shape index (κ2) is 9.55. The van der Waals surface area contributed by atoms with Gasteiger partial charge in [0.1, 0.15) is 5.75 Å². The highest BCUT2D eigenvalue weighted by Crippen LogP contribution is 2.20. The molecule has 0 bridgehead atoms. The summed E-state index contributed by atoms with van der Waals surface area (Å²) >= 11 is 2.73.